The summed E-state index contributed by atoms with van der Waals surface area (Å²) in [5.41, 5.74) is 3.10. The second-order valence-electron chi connectivity index (χ2n) is 8.92. The Morgan fingerprint density at radius 2 is 1.12 bits per heavy atom. The number of rotatable bonds is 2. The van der Waals surface area contributed by atoms with E-state index in [1.807, 2.05) is 0 Å². The fourth-order valence-corrected chi connectivity index (χ4v) is 11.8. The Morgan fingerprint density at radius 3 is 1.62 bits per heavy atom. The van der Waals surface area contributed by atoms with Crippen molar-refractivity contribution in [3.8, 4) is 0 Å². The summed E-state index contributed by atoms with van der Waals surface area (Å²) in [6, 6.07) is 23.0. The van der Waals surface area contributed by atoms with Gasteiger partial charge in [-0.1, -0.05) is 60.7 Å². The van der Waals surface area contributed by atoms with E-state index in [2.05, 4.69) is 84.2 Å². The third-order valence-corrected chi connectivity index (χ3v) is 11.6. The molecule has 0 radical (unpaired) electrons. The minimum atomic E-state index is 0.128. The molecule has 1 heterocycles. The molecule has 1 saturated heterocycles. The van der Waals surface area contributed by atoms with Crippen LogP contribution < -0.4 is 0 Å². The molecule has 0 amide bonds. The van der Waals surface area contributed by atoms with Crippen LogP contribution in [0.4, 0.5) is 0 Å². The van der Waals surface area contributed by atoms with Gasteiger partial charge >= 0.3 is 0 Å². The molecule has 0 aromatic heterocycles. The zero-order valence-electron chi connectivity index (χ0n) is 15.1. The van der Waals surface area contributed by atoms with Crippen LogP contribution in [0, 0.1) is 23.7 Å². The summed E-state index contributed by atoms with van der Waals surface area (Å²) in [6.07, 6.45) is 7.48. The van der Waals surface area contributed by atoms with Crippen LogP contribution in [0.3, 0.4) is 0 Å². The molecule has 4 bridgehead atoms. The van der Waals surface area contributed by atoms with Gasteiger partial charge in [-0.15, -0.1) is 23.5 Å². The third kappa shape index (κ3) is 1.96. The van der Waals surface area contributed by atoms with E-state index in [1.165, 1.54) is 37.2 Å². The van der Waals surface area contributed by atoms with Gasteiger partial charge in [0.1, 0.15) is 0 Å². The van der Waals surface area contributed by atoms with Gasteiger partial charge in [0, 0.05) is 9.83 Å². The van der Waals surface area contributed by atoms with Crippen molar-refractivity contribution in [3.63, 3.8) is 0 Å². The van der Waals surface area contributed by atoms with Crippen molar-refractivity contribution in [2.24, 2.45) is 23.7 Å². The molecule has 1 aliphatic heterocycles. The van der Waals surface area contributed by atoms with Crippen molar-refractivity contribution in [1.82, 2.24) is 0 Å². The minimum Gasteiger partial charge on any atom is -0.141 e. The lowest BCUT2D eigenvalue weighted by Crippen LogP contribution is -2.63. The monoisotopic (exact) mass is 378 g/mol. The first kappa shape index (κ1) is 16.1. The maximum atomic E-state index is 2.42. The Kier molecular flexibility index (Phi) is 3.61. The minimum absolute atomic E-state index is 0.128. The summed E-state index contributed by atoms with van der Waals surface area (Å²) < 4.78 is 0.524. The lowest BCUT2D eigenvalue weighted by Gasteiger charge is -2.64. The molecule has 1 spiro atoms. The van der Waals surface area contributed by atoms with Crippen molar-refractivity contribution in [2.75, 3.05) is 5.08 Å². The Morgan fingerprint density at radius 1 is 0.615 bits per heavy atom. The van der Waals surface area contributed by atoms with Crippen LogP contribution in [0.1, 0.15) is 43.2 Å². The average Bonchev–Trinajstić information content (AvgIpc) is 3.09. The van der Waals surface area contributed by atoms with Crippen molar-refractivity contribution < 1.29 is 0 Å². The molecular formula is C24H26S2. The molecule has 5 fully saturated rings. The van der Waals surface area contributed by atoms with Gasteiger partial charge in [-0.25, -0.2) is 0 Å². The van der Waals surface area contributed by atoms with Gasteiger partial charge in [0.05, 0.1) is 4.75 Å². The maximum absolute atomic E-state index is 2.42. The second kappa shape index (κ2) is 5.82. The van der Waals surface area contributed by atoms with E-state index in [1.54, 1.807) is 11.1 Å². The zero-order valence-corrected chi connectivity index (χ0v) is 16.8. The second-order valence-corrected chi connectivity index (χ2v) is 11.7. The molecule has 0 nitrogen and oxygen atoms in total. The summed E-state index contributed by atoms with van der Waals surface area (Å²) in [7, 11) is 0. The summed E-state index contributed by atoms with van der Waals surface area (Å²) >= 11 is 4.58. The molecule has 7 rings (SSSR count). The molecule has 4 saturated carbocycles. The van der Waals surface area contributed by atoms with E-state index < -0.39 is 0 Å². The van der Waals surface area contributed by atoms with Gasteiger partial charge < -0.3 is 0 Å². The highest BCUT2D eigenvalue weighted by Crippen LogP contribution is 2.75. The van der Waals surface area contributed by atoms with E-state index >= 15 is 0 Å². The van der Waals surface area contributed by atoms with Crippen molar-refractivity contribution >= 4 is 23.5 Å². The van der Waals surface area contributed by atoms with Crippen molar-refractivity contribution in [1.29, 1.82) is 0 Å². The topological polar surface area (TPSA) is 0 Å². The van der Waals surface area contributed by atoms with Crippen LogP contribution in [0.2, 0.25) is 0 Å². The Hall–Kier alpha value is -0.860. The predicted octanol–water partition coefficient (Wildman–Crippen LogP) is 6.56. The highest BCUT2D eigenvalue weighted by molar-refractivity contribution is 8.20. The molecule has 2 aromatic rings. The normalized spacial score (nSPS) is 39.5. The Bertz CT molecular complexity index is 730. The molecule has 0 atom stereocenters. The van der Waals surface area contributed by atoms with Crippen LogP contribution >= 0.6 is 23.5 Å². The fourth-order valence-electron chi connectivity index (χ4n) is 7.25. The fraction of sp³-hybridized carbons (Fsp3) is 0.500. The summed E-state index contributed by atoms with van der Waals surface area (Å²) in [5, 5.41) is 1.24. The lowest BCUT2D eigenvalue weighted by atomic mass is 9.47. The molecule has 0 unspecified atom stereocenters. The SMILES string of the molecule is c1ccc(C2(c3ccccc3)SCSC23C2CC4CC(C2)CC3C4)cc1. The first-order chi connectivity index (χ1) is 12.8. The lowest BCUT2D eigenvalue weighted by molar-refractivity contribution is -0.0264. The zero-order chi connectivity index (χ0) is 17.2. The number of benzene rings is 2. The van der Waals surface area contributed by atoms with Crippen LogP contribution in [-0.2, 0) is 4.75 Å². The van der Waals surface area contributed by atoms with E-state index in [-0.39, 0.29) is 4.75 Å². The highest BCUT2D eigenvalue weighted by atomic mass is 32.2. The summed E-state index contributed by atoms with van der Waals surface area (Å²) in [4.78, 5) is 0. The molecular weight excluding hydrogens is 352 g/mol. The van der Waals surface area contributed by atoms with Gasteiger partial charge in [0.15, 0.2) is 0 Å². The van der Waals surface area contributed by atoms with Crippen LogP contribution in [0.15, 0.2) is 60.7 Å². The maximum Gasteiger partial charge on any atom is 0.0817 e. The average molecular weight is 379 g/mol. The molecule has 5 aliphatic rings. The predicted molar refractivity (Wildman–Crippen MR) is 113 cm³/mol. The number of hydrogen-bond acceptors (Lipinski definition) is 2. The van der Waals surface area contributed by atoms with Crippen molar-refractivity contribution in [2.45, 2.75) is 41.6 Å². The van der Waals surface area contributed by atoms with Crippen LogP contribution in [0.25, 0.3) is 0 Å². The van der Waals surface area contributed by atoms with Crippen LogP contribution in [0.5, 0.6) is 0 Å². The molecule has 134 valence electrons. The molecule has 26 heavy (non-hydrogen) atoms. The van der Waals surface area contributed by atoms with Gasteiger partial charge in [0.2, 0.25) is 0 Å². The largest absolute Gasteiger partial charge is 0.141 e. The van der Waals surface area contributed by atoms with E-state index in [0.29, 0.717) is 4.75 Å². The highest BCUT2D eigenvalue weighted by Gasteiger charge is 2.69. The van der Waals surface area contributed by atoms with E-state index in [0.717, 1.165) is 23.7 Å². The standard InChI is InChI=1S/C24H26S2/c1-3-7-19(8-4-1)23(20-9-5-2-6-10-20)24(26-16-25-23)21-12-17-11-18(14-21)15-22(24)13-17/h1-10,17-18,21-22H,11-16H2. The first-order valence-electron chi connectivity index (χ1n) is 10.2. The number of thioether (sulfide) groups is 2. The molecule has 0 N–H and O–H groups in total. The molecule has 2 aromatic carbocycles. The smallest absolute Gasteiger partial charge is 0.0817 e. The number of hydrogen-bond donors (Lipinski definition) is 0. The summed E-state index contributed by atoms with van der Waals surface area (Å²) in [5.74, 6) is 3.86. The van der Waals surface area contributed by atoms with Crippen molar-refractivity contribution in [3.05, 3.63) is 71.8 Å². The first-order valence-corrected chi connectivity index (χ1v) is 12.2. The van der Waals surface area contributed by atoms with Crippen LogP contribution in [-0.4, -0.2) is 9.83 Å². The Balaban J connectivity index is 1.61. The van der Waals surface area contributed by atoms with Gasteiger partial charge in [0.25, 0.3) is 0 Å². The van der Waals surface area contributed by atoms with Gasteiger partial charge in [-0.05, 0) is 66.9 Å². The quantitative estimate of drug-likeness (QED) is 0.580. The van der Waals surface area contributed by atoms with E-state index in [4.69, 9.17) is 0 Å². The molecule has 2 heteroatoms. The van der Waals surface area contributed by atoms with Gasteiger partial charge in [-0.3, -0.25) is 0 Å². The van der Waals surface area contributed by atoms with E-state index in [9.17, 15) is 0 Å². The third-order valence-electron chi connectivity index (χ3n) is 7.84. The van der Waals surface area contributed by atoms with Gasteiger partial charge in [-0.2, -0.15) is 0 Å². The Labute approximate surface area is 165 Å². The molecule has 4 aliphatic carbocycles. The summed E-state index contributed by atoms with van der Waals surface area (Å²) in [6.45, 7) is 0.